The summed E-state index contributed by atoms with van der Waals surface area (Å²) >= 11 is 1.41. The molecule has 3 rings (SSSR count). The summed E-state index contributed by atoms with van der Waals surface area (Å²) in [7, 11) is 0. The van der Waals surface area contributed by atoms with Gasteiger partial charge in [0, 0.05) is 29.8 Å². The van der Waals surface area contributed by atoms with Crippen LogP contribution in [0.3, 0.4) is 0 Å². The van der Waals surface area contributed by atoms with Crippen molar-refractivity contribution >= 4 is 23.1 Å². The molecule has 1 amide bonds. The van der Waals surface area contributed by atoms with Gasteiger partial charge >= 0.3 is 6.09 Å². The maximum absolute atomic E-state index is 12.2. The van der Waals surface area contributed by atoms with E-state index in [1.54, 1.807) is 13.0 Å². The molecule has 8 heteroatoms. The molecule has 1 aliphatic carbocycles. The van der Waals surface area contributed by atoms with E-state index in [9.17, 15) is 20.6 Å². The van der Waals surface area contributed by atoms with Gasteiger partial charge in [-0.2, -0.15) is 15.8 Å². The van der Waals surface area contributed by atoms with E-state index in [0.717, 1.165) is 4.88 Å². The third-order valence-electron chi connectivity index (χ3n) is 5.17. The molecule has 0 radical (unpaired) electrons. The van der Waals surface area contributed by atoms with Gasteiger partial charge < -0.3 is 15.0 Å². The Hall–Kier alpha value is -3.15. The van der Waals surface area contributed by atoms with Crippen LogP contribution in [0.1, 0.15) is 17.7 Å². The van der Waals surface area contributed by atoms with Gasteiger partial charge in [-0.05, 0) is 23.9 Å². The molecular weight excluding hydrogens is 362 g/mol. The molecule has 2 heterocycles. The molecule has 1 fully saturated rings. The van der Waals surface area contributed by atoms with Crippen molar-refractivity contribution in [1.82, 2.24) is 4.90 Å². The molecule has 7 nitrogen and oxygen atoms in total. The highest BCUT2D eigenvalue weighted by molar-refractivity contribution is 7.10. The van der Waals surface area contributed by atoms with Crippen molar-refractivity contribution in [3.63, 3.8) is 0 Å². The maximum Gasteiger partial charge on any atom is 0.410 e. The fourth-order valence-corrected chi connectivity index (χ4v) is 4.90. The second-order valence-corrected chi connectivity index (χ2v) is 7.39. The lowest BCUT2D eigenvalue weighted by atomic mass is 9.55. The fraction of sp³-hybridized carbons (Fsp3) is 0.421. The van der Waals surface area contributed by atoms with Gasteiger partial charge in [0.2, 0.25) is 0 Å². The Morgan fingerprint density at radius 1 is 1.44 bits per heavy atom. The summed E-state index contributed by atoms with van der Waals surface area (Å²) in [6.45, 7) is 2.49. The Morgan fingerprint density at radius 3 is 2.74 bits per heavy atom. The van der Waals surface area contributed by atoms with Gasteiger partial charge in [0.15, 0.2) is 5.41 Å². The maximum atomic E-state index is 12.2. The number of fused-ring (bicyclic) bond motifs is 1. The van der Waals surface area contributed by atoms with Crippen LogP contribution < -0.4 is 0 Å². The minimum absolute atomic E-state index is 0.180. The highest BCUT2D eigenvalue weighted by Gasteiger charge is 2.58. The van der Waals surface area contributed by atoms with Crippen LogP contribution in [-0.4, -0.2) is 36.4 Å². The molecule has 0 spiro atoms. The number of hydrogen-bond donors (Lipinski definition) is 1. The zero-order chi connectivity index (χ0) is 19.6. The number of rotatable bonds is 2. The number of nitrogens with zero attached hydrogens (tertiary/aromatic N) is 4. The summed E-state index contributed by atoms with van der Waals surface area (Å²) in [5.74, 6) is -1.96. The number of carbonyl (C=O) groups excluding carboxylic acids is 1. The molecule has 1 saturated carbocycles. The normalized spacial score (nSPS) is 26.0. The van der Waals surface area contributed by atoms with Crippen LogP contribution in [0.4, 0.5) is 4.79 Å². The van der Waals surface area contributed by atoms with E-state index in [1.165, 1.54) is 16.2 Å². The first-order chi connectivity index (χ1) is 13.0. The quantitative estimate of drug-likeness (QED) is 0.791. The molecule has 1 aromatic heterocycles. The zero-order valence-electron chi connectivity index (χ0n) is 14.7. The summed E-state index contributed by atoms with van der Waals surface area (Å²) in [6, 6.07) is 9.81. The zero-order valence-corrected chi connectivity index (χ0v) is 15.5. The predicted molar refractivity (Wildman–Crippen MR) is 97.7 cm³/mol. The molecule has 0 bridgehead atoms. The second kappa shape index (κ2) is 7.23. The largest absolute Gasteiger partial charge is 0.450 e. The second-order valence-electron chi connectivity index (χ2n) is 6.42. The summed E-state index contributed by atoms with van der Waals surface area (Å²) < 4.78 is 5.09. The number of carbonyl (C=O) groups is 1. The molecule has 0 saturated heterocycles. The van der Waals surface area contributed by atoms with Crippen molar-refractivity contribution < 1.29 is 9.53 Å². The van der Waals surface area contributed by atoms with Crippen molar-refractivity contribution in [3.05, 3.63) is 34.0 Å². The Labute approximate surface area is 161 Å². The van der Waals surface area contributed by atoms with E-state index in [-0.39, 0.29) is 25.4 Å². The van der Waals surface area contributed by atoms with Crippen LogP contribution >= 0.6 is 11.3 Å². The lowest BCUT2D eigenvalue weighted by molar-refractivity contribution is 0.0994. The minimum Gasteiger partial charge on any atom is -0.450 e. The third kappa shape index (κ3) is 2.77. The highest BCUT2D eigenvalue weighted by atomic mass is 32.1. The van der Waals surface area contributed by atoms with Gasteiger partial charge in [0.1, 0.15) is 5.92 Å². The average Bonchev–Trinajstić information content (AvgIpc) is 3.21. The van der Waals surface area contributed by atoms with E-state index in [0.29, 0.717) is 5.57 Å². The Balaban J connectivity index is 2.15. The first kappa shape index (κ1) is 18.6. The number of thiophene rings is 1. The summed E-state index contributed by atoms with van der Waals surface area (Å²) in [4.78, 5) is 14.5. The molecular formula is C19H17N5O2S. The van der Waals surface area contributed by atoms with Crippen LogP contribution in [0.25, 0.3) is 0 Å². The van der Waals surface area contributed by atoms with Crippen molar-refractivity contribution in [1.29, 1.82) is 21.2 Å². The molecule has 1 aliphatic heterocycles. The van der Waals surface area contributed by atoms with E-state index in [1.807, 2.05) is 29.7 Å². The standard InChI is InChI=1S/C19H17N5O2S/c1-2-26-18(25)24-6-5-12-13(8-20)17(23)19(10-21,11-22)16(14(12)9-24)15-4-3-7-27-15/h3-5,7,13-14,16,23H,2,6,9H2,1H3/t13?,14-,16-/m1/s1. The number of nitriles is 3. The van der Waals surface area contributed by atoms with E-state index >= 15 is 0 Å². The fourth-order valence-electron chi connectivity index (χ4n) is 3.95. The van der Waals surface area contributed by atoms with Gasteiger partial charge in [0.25, 0.3) is 0 Å². The van der Waals surface area contributed by atoms with E-state index in [2.05, 4.69) is 6.07 Å². The predicted octanol–water partition coefficient (Wildman–Crippen LogP) is 3.05. The van der Waals surface area contributed by atoms with Gasteiger partial charge in [-0.15, -0.1) is 11.3 Å². The van der Waals surface area contributed by atoms with E-state index in [4.69, 9.17) is 10.1 Å². The number of ether oxygens (including phenoxy) is 1. The van der Waals surface area contributed by atoms with Crippen molar-refractivity contribution in [3.8, 4) is 18.2 Å². The van der Waals surface area contributed by atoms with Crippen molar-refractivity contribution in [2.75, 3.05) is 19.7 Å². The first-order valence-electron chi connectivity index (χ1n) is 8.50. The smallest absolute Gasteiger partial charge is 0.410 e. The van der Waals surface area contributed by atoms with Gasteiger partial charge in [-0.1, -0.05) is 12.1 Å². The molecule has 136 valence electrons. The summed E-state index contributed by atoms with van der Waals surface area (Å²) in [6.07, 6.45) is 1.30. The van der Waals surface area contributed by atoms with Crippen LogP contribution in [-0.2, 0) is 4.74 Å². The molecule has 3 atom stereocenters. The monoisotopic (exact) mass is 379 g/mol. The summed E-state index contributed by atoms with van der Waals surface area (Å²) in [5, 5.41) is 39.8. The number of amides is 1. The average molecular weight is 379 g/mol. The molecule has 1 N–H and O–H groups in total. The molecule has 27 heavy (non-hydrogen) atoms. The molecule has 1 unspecified atom stereocenters. The van der Waals surface area contributed by atoms with E-state index < -0.39 is 29.3 Å². The lowest BCUT2D eigenvalue weighted by Gasteiger charge is -2.46. The molecule has 0 aromatic carbocycles. The minimum atomic E-state index is -1.75. The van der Waals surface area contributed by atoms with Gasteiger partial charge in [-0.3, -0.25) is 0 Å². The van der Waals surface area contributed by atoms with Gasteiger partial charge in [0.05, 0.1) is 30.5 Å². The Morgan fingerprint density at radius 2 is 2.19 bits per heavy atom. The lowest BCUT2D eigenvalue weighted by Crippen LogP contribution is -2.53. The van der Waals surface area contributed by atoms with Crippen LogP contribution in [0, 0.1) is 56.7 Å². The number of hydrogen-bond acceptors (Lipinski definition) is 7. The Kier molecular flexibility index (Phi) is 4.99. The first-order valence-corrected chi connectivity index (χ1v) is 9.38. The topological polar surface area (TPSA) is 125 Å². The van der Waals surface area contributed by atoms with Crippen LogP contribution in [0.5, 0.6) is 0 Å². The van der Waals surface area contributed by atoms with Crippen molar-refractivity contribution in [2.45, 2.75) is 12.8 Å². The van der Waals surface area contributed by atoms with Crippen LogP contribution in [0.15, 0.2) is 29.2 Å². The Bertz CT molecular complexity index is 901. The summed E-state index contributed by atoms with van der Waals surface area (Å²) in [5.41, 5.74) is -1.21. The number of nitrogens with one attached hydrogen (secondary N) is 1. The van der Waals surface area contributed by atoms with Crippen LogP contribution in [0.2, 0.25) is 0 Å². The van der Waals surface area contributed by atoms with Crippen molar-refractivity contribution in [2.24, 2.45) is 17.3 Å². The SMILES string of the molecule is CCOC(=O)N1CC=C2C(C#N)C(=N)C(C#N)(C#N)[C@@H](c3cccs3)[C@@H]2C1. The third-order valence-corrected chi connectivity index (χ3v) is 6.12. The molecule has 1 aromatic rings. The molecule has 2 aliphatic rings. The van der Waals surface area contributed by atoms with Gasteiger partial charge in [-0.25, -0.2) is 4.79 Å². The highest BCUT2D eigenvalue weighted by Crippen LogP contribution is 2.54.